The van der Waals surface area contributed by atoms with Crippen molar-refractivity contribution in [2.75, 3.05) is 6.54 Å². The van der Waals surface area contributed by atoms with Crippen LogP contribution in [0.4, 0.5) is 0 Å². The van der Waals surface area contributed by atoms with Crippen LogP contribution >= 0.6 is 0 Å². The van der Waals surface area contributed by atoms with Gasteiger partial charge in [-0.05, 0) is 49.5 Å². The zero-order valence-corrected chi connectivity index (χ0v) is 12.3. The standard InChI is InChI=1S/C16H27N3/c1-12(2)9-17-10-16-18-5-6-19(16)11-15-8-13-3-4-14(15)7-13/h5-6,12-15,17H,3-4,7-11H2,1-2H3. The van der Waals surface area contributed by atoms with Gasteiger partial charge in [0.15, 0.2) is 0 Å². The molecule has 106 valence electrons. The first-order valence-corrected chi connectivity index (χ1v) is 7.93. The SMILES string of the molecule is CC(C)CNCc1nccn1CC1CC2CCC1C2. The van der Waals surface area contributed by atoms with Crippen molar-refractivity contribution in [3.8, 4) is 0 Å². The third-order valence-electron chi connectivity index (χ3n) is 4.95. The van der Waals surface area contributed by atoms with Gasteiger partial charge in [0.25, 0.3) is 0 Å². The van der Waals surface area contributed by atoms with Crippen molar-refractivity contribution in [2.45, 2.75) is 52.6 Å². The first kappa shape index (κ1) is 13.2. The molecule has 3 heteroatoms. The van der Waals surface area contributed by atoms with E-state index in [0.717, 1.165) is 30.8 Å². The molecule has 3 unspecified atom stereocenters. The number of hydrogen-bond acceptors (Lipinski definition) is 2. The lowest BCUT2D eigenvalue weighted by molar-refractivity contribution is 0.292. The van der Waals surface area contributed by atoms with Crippen LogP contribution in [0, 0.1) is 23.7 Å². The largest absolute Gasteiger partial charge is 0.334 e. The molecule has 3 rings (SSSR count). The molecule has 0 amide bonds. The van der Waals surface area contributed by atoms with E-state index >= 15 is 0 Å². The molecule has 1 N–H and O–H groups in total. The minimum absolute atomic E-state index is 0.703. The highest BCUT2D eigenvalue weighted by molar-refractivity contribution is 4.96. The molecule has 2 fully saturated rings. The molecule has 3 nitrogen and oxygen atoms in total. The molecule has 2 aliphatic carbocycles. The Morgan fingerprint density at radius 2 is 2.26 bits per heavy atom. The van der Waals surface area contributed by atoms with Gasteiger partial charge >= 0.3 is 0 Å². The summed E-state index contributed by atoms with van der Waals surface area (Å²) in [7, 11) is 0. The molecule has 3 atom stereocenters. The van der Waals surface area contributed by atoms with Crippen molar-refractivity contribution in [1.29, 1.82) is 0 Å². The maximum atomic E-state index is 4.52. The first-order chi connectivity index (χ1) is 9.22. The summed E-state index contributed by atoms with van der Waals surface area (Å²) in [6, 6.07) is 0. The van der Waals surface area contributed by atoms with Crippen molar-refractivity contribution in [1.82, 2.24) is 14.9 Å². The minimum Gasteiger partial charge on any atom is -0.334 e. The lowest BCUT2D eigenvalue weighted by atomic mass is 9.89. The van der Waals surface area contributed by atoms with Gasteiger partial charge in [0, 0.05) is 18.9 Å². The highest BCUT2D eigenvalue weighted by Crippen LogP contribution is 2.48. The summed E-state index contributed by atoms with van der Waals surface area (Å²) in [5, 5.41) is 3.50. The number of nitrogens with one attached hydrogen (secondary N) is 1. The molecule has 0 spiro atoms. The number of nitrogens with zero attached hydrogens (tertiary/aromatic N) is 2. The Labute approximate surface area is 116 Å². The second-order valence-corrected chi connectivity index (χ2v) is 6.96. The smallest absolute Gasteiger partial charge is 0.122 e. The van der Waals surface area contributed by atoms with E-state index in [1.807, 2.05) is 6.20 Å². The summed E-state index contributed by atoms with van der Waals surface area (Å²) in [6.45, 7) is 7.66. The van der Waals surface area contributed by atoms with Crippen LogP contribution in [0.2, 0.25) is 0 Å². The Morgan fingerprint density at radius 1 is 1.37 bits per heavy atom. The van der Waals surface area contributed by atoms with E-state index in [4.69, 9.17) is 0 Å². The van der Waals surface area contributed by atoms with E-state index in [0.29, 0.717) is 5.92 Å². The quantitative estimate of drug-likeness (QED) is 0.853. The zero-order valence-electron chi connectivity index (χ0n) is 12.3. The van der Waals surface area contributed by atoms with E-state index in [-0.39, 0.29) is 0 Å². The second-order valence-electron chi connectivity index (χ2n) is 6.96. The third-order valence-corrected chi connectivity index (χ3v) is 4.95. The summed E-state index contributed by atoms with van der Waals surface area (Å²) < 4.78 is 2.39. The normalized spacial score (nSPS) is 29.5. The number of aromatic nitrogens is 2. The summed E-state index contributed by atoms with van der Waals surface area (Å²) in [6.07, 6.45) is 10.1. The molecular weight excluding hydrogens is 234 g/mol. The number of fused-ring (bicyclic) bond motifs is 2. The predicted molar refractivity (Wildman–Crippen MR) is 77.7 cm³/mol. The van der Waals surface area contributed by atoms with Crippen LogP contribution in [-0.2, 0) is 13.1 Å². The first-order valence-electron chi connectivity index (χ1n) is 7.93. The van der Waals surface area contributed by atoms with E-state index in [2.05, 4.69) is 34.9 Å². The monoisotopic (exact) mass is 261 g/mol. The molecule has 2 saturated carbocycles. The van der Waals surface area contributed by atoms with Crippen molar-refractivity contribution >= 4 is 0 Å². The van der Waals surface area contributed by atoms with E-state index in [9.17, 15) is 0 Å². The number of imidazole rings is 1. The molecule has 19 heavy (non-hydrogen) atoms. The fourth-order valence-electron chi connectivity index (χ4n) is 4.00. The van der Waals surface area contributed by atoms with Gasteiger partial charge in [0.05, 0.1) is 6.54 Å². The van der Waals surface area contributed by atoms with Crippen LogP contribution in [0.3, 0.4) is 0 Å². The predicted octanol–water partition coefficient (Wildman–Crippen LogP) is 3.06. The summed E-state index contributed by atoms with van der Waals surface area (Å²) in [5.74, 6) is 4.87. The van der Waals surface area contributed by atoms with Crippen molar-refractivity contribution in [3.05, 3.63) is 18.2 Å². The summed E-state index contributed by atoms with van der Waals surface area (Å²) in [5.41, 5.74) is 0. The fraction of sp³-hybridized carbons (Fsp3) is 0.812. The molecule has 0 saturated heterocycles. The molecule has 1 aromatic rings. The summed E-state index contributed by atoms with van der Waals surface area (Å²) in [4.78, 5) is 4.52. The maximum Gasteiger partial charge on any atom is 0.122 e. The van der Waals surface area contributed by atoms with E-state index < -0.39 is 0 Å². The number of hydrogen-bond donors (Lipinski definition) is 1. The van der Waals surface area contributed by atoms with Gasteiger partial charge in [-0.15, -0.1) is 0 Å². The van der Waals surface area contributed by atoms with Crippen molar-refractivity contribution in [2.24, 2.45) is 23.7 Å². The van der Waals surface area contributed by atoms with Gasteiger partial charge in [-0.1, -0.05) is 20.3 Å². The molecule has 0 aromatic carbocycles. The van der Waals surface area contributed by atoms with Gasteiger partial charge in [-0.3, -0.25) is 0 Å². The maximum absolute atomic E-state index is 4.52. The molecule has 2 aliphatic rings. The average Bonchev–Trinajstić information content (AvgIpc) is 3.06. The van der Waals surface area contributed by atoms with Crippen LogP contribution < -0.4 is 5.32 Å². The Hall–Kier alpha value is -0.830. The van der Waals surface area contributed by atoms with Gasteiger partial charge < -0.3 is 9.88 Å². The lowest BCUT2D eigenvalue weighted by Gasteiger charge is -2.23. The minimum atomic E-state index is 0.703. The Morgan fingerprint density at radius 3 is 2.95 bits per heavy atom. The average molecular weight is 261 g/mol. The highest BCUT2D eigenvalue weighted by Gasteiger charge is 2.39. The van der Waals surface area contributed by atoms with Crippen molar-refractivity contribution < 1.29 is 0 Å². The fourth-order valence-corrected chi connectivity index (χ4v) is 4.00. The topological polar surface area (TPSA) is 29.9 Å². The van der Waals surface area contributed by atoms with Crippen LogP contribution in [0.1, 0.15) is 45.4 Å². The molecule has 2 bridgehead atoms. The zero-order chi connectivity index (χ0) is 13.2. The van der Waals surface area contributed by atoms with Crippen LogP contribution in [0.25, 0.3) is 0 Å². The molecule has 1 heterocycles. The van der Waals surface area contributed by atoms with Crippen molar-refractivity contribution in [3.63, 3.8) is 0 Å². The Bertz CT molecular complexity index is 410. The Kier molecular flexibility index (Phi) is 3.92. The van der Waals surface area contributed by atoms with Gasteiger partial charge in [0.2, 0.25) is 0 Å². The molecule has 1 aromatic heterocycles. The van der Waals surface area contributed by atoms with E-state index in [1.165, 1.54) is 38.1 Å². The Balaban J connectivity index is 1.55. The van der Waals surface area contributed by atoms with Gasteiger partial charge in [-0.25, -0.2) is 4.98 Å². The van der Waals surface area contributed by atoms with E-state index in [1.54, 1.807) is 0 Å². The summed E-state index contributed by atoms with van der Waals surface area (Å²) >= 11 is 0. The molecule has 0 radical (unpaired) electrons. The van der Waals surface area contributed by atoms with Gasteiger partial charge in [0.1, 0.15) is 5.82 Å². The molecular formula is C16H27N3. The second kappa shape index (κ2) is 5.66. The third kappa shape index (κ3) is 3.02. The molecule has 0 aliphatic heterocycles. The van der Waals surface area contributed by atoms with Gasteiger partial charge in [-0.2, -0.15) is 0 Å². The lowest BCUT2D eigenvalue weighted by Crippen LogP contribution is -2.23. The number of rotatable bonds is 6. The highest BCUT2D eigenvalue weighted by atomic mass is 15.1. The van der Waals surface area contributed by atoms with Crippen LogP contribution in [0.15, 0.2) is 12.4 Å². The van der Waals surface area contributed by atoms with Crippen LogP contribution in [0.5, 0.6) is 0 Å². The van der Waals surface area contributed by atoms with Crippen LogP contribution in [-0.4, -0.2) is 16.1 Å².